The summed E-state index contributed by atoms with van der Waals surface area (Å²) < 4.78 is 18.0. The van der Waals surface area contributed by atoms with Crippen molar-refractivity contribution in [3.8, 4) is 11.4 Å². The van der Waals surface area contributed by atoms with Crippen molar-refractivity contribution in [2.24, 2.45) is 0 Å². The molecule has 22 rings (SSSR count). The number of fused-ring (bicyclic) bond motifs is 12. The van der Waals surface area contributed by atoms with Crippen LogP contribution >= 0.6 is 0 Å². The molecule has 24 heteroatoms. The van der Waals surface area contributed by atoms with Crippen LogP contribution in [0.2, 0.25) is 0 Å². The molecule has 0 bridgehead atoms. The molecule has 0 N–H and O–H groups in total. The van der Waals surface area contributed by atoms with Crippen molar-refractivity contribution in [3.63, 3.8) is 0 Å². The van der Waals surface area contributed by atoms with E-state index in [0.29, 0.717) is 0 Å². The number of nitrogens with zero attached hydrogens (tertiary/aromatic N) is 18. The molecule has 583 valence electrons. The average Bonchev–Trinajstić information content (AvgIpc) is 1.64. The van der Waals surface area contributed by atoms with E-state index in [1.165, 1.54) is 5.56 Å². The first-order valence-electron chi connectivity index (χ1n) is 36.1. The predicted octanol–water partition coefficient (Wildman–Crippen LogP) is 19.1. The van der Waals surface area contributed by atoms with Crippen molar-refractivity contribution in [2.75, 3.05) is 86.4 Å². The Balaban J connectivity index is 0.000000114. The summed E-state index contributed by atoms with van der Waals surface area (Å²) in [5, 5.41) is 6.81. The molecule has 0 unspecified atom stereocenters. The van der Waals surface area contributed by atoms with Crippen LogP contribution in [0.5, 0.6) is 0 Å². The Kier molecular flexibility index (Phi) is 24.4. The molecule has 0 amide bonds. The fourth-order valence-electron chi connectivity index (χ4n) is 13.6. The third kappa shape index (κ3) is 16.4. The van der Waals surface area contributed by atoms with Crippen LogP contribution in [0.1, 0.15) is 5.56 Å². The van der Waals surface area contributed by atoms with Crippen molar-refractivity contribution in [1.29, 1.82) is 0 Å². The quantitative estimate of drug-likeness (QED) is 0.139. The number of hydrogen-bond acceptors (Lipinski definition) is 21. The van der Waals surface area contributed by atoms with Crippen LogP contribution in [-0.4, -0.2) is 86.9 Å². The van der Waals surface area contributed by atoms with Crippen LogP contribution in [0.3, 0.4) is 0 Å². The smallest absolute Gasteiger partial charge is 0.161 e. The minimum atomic E-state index is 0. The van der Waals surface area contributed by atoms with E-state index in [-0.39, 0.29) is 60.3 Å². The maximum atomic E-state index is 5.99. The van der Waals surface area contributed by atoms with Gasteiger partial charge in [-0.25, -0.2) is 29.9 Å². The molecule has 0 spiro atoms. The zero-order chi connectivity index (χ0) is 76.2. The Morgan fingerprint density at radius 1 is 0.322 bits per heavy atom. The molecule has 0 saturated carbocycles. The Labute approximate surface area is 708 Å². The molecule has 3 radical (unpaired) electrons. The van der Waals surface area contributed by atoms with Gasteiger partial charge in [0.2, 0.25) is 0 Å². The monoisotopic (exact) mass is 2040 g/mol. The van der Waals surface area contributed by atoms with Gasteiger partial charge in [-0.15, -0.1) is 17.1 Å². The van der Waals surface area contributed by atoms with E-state index in [1.807, 2.05) is 373 Å². The van der Waals surface area contributed by atoms with Gasteiger partial charge in [0.1, 0.15) is 46.9 Å². The minimum Gasteiger partial charge on any atom is -0.514 e. The molecule has 21 nitrogen and oxygen atoms in total. The van der Waals surface area contributed by atoms with Gasteiger partial charge in [-0.2, -0.15) is 186 Å². The van der Waals surface area contributed by atoms with E-state index in [9.17, 15) is 0 Å². The van der Waals surface area contributed by atoms with Crippen molar-refractivity contribution >= 4 is 134 Å². The number of rotatable bonds is 7. The third-order valence-corrected chi connectivity index (χ3v) is 19.1. The van der Waals surface area contributed by atoms with Gasteiger partial charge in [0.05, 0.1) is 35.7 Å². The topological polar surface area (TPSA) is 156 Å². The maximum absolute atomic E-state index is 5.99. The summed E-state index contributed by atoms with van der Waals surface area (Å²) in [7, 11) is 11.9. The molecule has 115 heavy (non-hydrogen) atoms. The minimum absolute atomic E-state index is 0. The van der Waals surface area contributed by atoms with E-state index in [2.05, 4.69) is 98.6 Å². The number of para-hydroxylation sites is 6. The van der Waals surface area contributed by atoms with Gasteiger partial charge < -0.3 is 72.1 Å². The van der Waals surface area contributed by atoms with Crippen LogP contribution in [0.4, 0.5) is 68.6 Å². The molecule has 12 heterocycles. The summed E-state index contributed by atoms with van der Waals surface area (Å²) in [4.78, 5) is 50.1. The SMILES string of the molecule is CN1C=CN(c2[c-]ccc3c2oc2ccccc23)[CH-]1.CN1C=CN(c2[c-]ccc3c2oc2ccccc23)[CH-]1.CN1C=CN(c2[c-]ccc3c2oc2ccccc23)[CH-]1.CN1[CH-]N(c2[c-]cccc2)c2cncnc21.CN1[CH-]N(c2[c-]cccc2)c2ncncc21.Cc1ccccc1-c1ncc2c(n1)N(c1[c-]cccc1)[CH-]N2C.[Ir].[Ir].[Ir]. The Bertz CT molecular complexity index is 5710. The summed E-state index contributed by atoms with van der Waals surface area (Å²) in [5.41, 5.74) is 16.3. The first kappa shape index (κ1) is 79.3. The second-order valence-corrected chi connectivity index (χ2v) is 26.7. The van der Waals surface area contributed by atoms with E-state index in [4.69, 9.17) is 18.2 Å². The van der Waals surface area contributed by atoms with Crippen LogP contribution in [0.25, 0.3) is 77.2 Å². The second kappa shape index (κ2) is 35.3. The summed E-state index contributed by atoms with van der Waals surface area (Å²) in [6, 6.07) is 87.4. The Morgan fingerprint density at radius 3 is 1.13 bits per heavy atom. The van der Waals surface area contributed by atoms with Crippen LogP contribution in [-0.2, 0) is 60.3 Å². The number of hydrogen-bond donors (Lipinski definition) is 0. The van der Waals surface area contributed by atoms with Gasteiger partial charge in [-0.1, -0.05) is 112 Å². The van der Waals surface area contributed by atoms with Crippen molar-refractivity contribution in [2.45, 2.75) is 6.92 Å². The molecule has 0 fully saturated rings. The largest absolute Gasteiger partial charge is 0.514 e. The van der Waals surface area contributed by atoms with Gasteiger partial charge >= 0.3 is 0 Å². The number of anilines is 12. The summed E-state index contributed by atoms with van der Waals surface area (Å²) in [6.07, 6.45) is 20.6. The second-order valence-electron chi connectivity index (χ2n) is 26.7. The summed E-state index contributed by atoms with van der Waals surface area (Å²) in [5.74, 6) is 3.42. The van der Waals surface area contributed by atoms with Crippen molar-refractivity contribution < 1.29 is 73.6 Å². The van der Waals surface area contributed by atoms with Crippen LogP contribution in [0.15, 0.2) is 288 Å². The summed E-state index contributed by atoms with van der Waals surface area (Å²) in [6.45, 7) is 14.0. The Hall–Kier alpha value is -12.4. The molecule has 0 atom stereocenters. The van der Waals surface area contributed by atoms with E-state index in [0.717, 1.165) is 146 Å². The molecule has 6 aliphatic rings. The normalized spacial score (nSPS) is 14.0. The van der Waals surface area contributed by atoms with E-state index in [1.54, 1.807) is 12.7 Å². The van der Waals surface area contributed by atoms with Crippen molar-refractivity contribution in [3.05, 3.63) is 357 Å². The van der Waals surface area contributed by atoms with E-state index >= 15 is 0 Å². The zero-order valence-electron chi connectivity index (χ0n) is 63.2. The zero-order valence-corrected chi connectivity index (χ0v) is 70.4. The third-order valence-electron chi connectivity index (χ3n) is 19.1. The van der Waals surface area contributed by atoms with Gasteiger partial charge in [0.25, 0.3) is 0 Å². The number of aromatic nitrogens is 6. The summed E-state index contributed by atoms with van der Waals surface area (Å²) >= 11 is 0. The molecule has 6 aromatic heterocycles. The number of benzene rings is 10. The molecular weight excluding hydrogens is 1970 g/mol. The molecule has 10 aromatic carbocycles. The first-order chi connectivity index (χ1) is 54.9. The van der Waals surface area contributed by atoms with E-state index < -0.39 is 0 Å². The maximum Gasteiger partial charge on any atom is 0.161 e. The van der Waals surface area contributed by atoms with Gasteiger partial charge in [0, 0.05) is 98.8 Å². The van der Waals surface area contributed by atoms with Crippen LogP contribution < -0.4 is 44.1 Å². The van der Waals surface area contributed by atoms with Gasteiger partial charge in [-0.05, 0) is 110 Å². The standard InChI is InChI=1S/C19H16N4.3C16H12N2O.2C12H10N4.3Ir/c1-14-8-6-7-11-16(14)18-20-12-17-19(21-18)23(13-22(17)2)15-9-4-3-5-10-15;3*1-17-9-10-18(11-17)14-7-4-6-13-12-5-2-3-8-15(12)19-16(13)14;1-15-9-16(10-5-3-2-4-6-10)11-7-13-8-14-12(11)15;1-15-9-16(10-5-3-2-4-6-10)12-11(15)7-13-8-14-12;;;/h3-9,11-13H,1-2H3;3*2-6,8-11H,1H3;2*2-5,7-9H,1H3;;;/q6*-2;;;. The molecule has 0 aliphatic carbocycles. The van der Waals surface area contributed by atoms with Crippen molar-refractivity contribution in [1.82, 2.24) is 44.6 Å². The number of aryl methyl sites for hydroxylation is 1. The fraction of sp³-hybridized carbons (Fsp3) is 0.0769. The Morgan fingerprint density at radius 2 is 0.704 bits per heavy atom. The molecule has 6 aliphatic heterocycles. The van der Waals surface area contributed by atoms with Gasteiger partial charge in [0.15, 0.2) is 5.82 Å². The van der Waals surface area contributed by atoms with Gasteiger partial charge in [-0.3, -0.25) is 0 Å². The molecule has 16 aromatic rings. The predicted molar refractivity (Wildman–Crippen MR) is 445 cm³/mol. The average molecular weight is 2040 g/mol. The fourth-order valence-corrected chi connectivity index (χ4v) is 13.6. The first-order valence-corrected chi connectivity index (χ1v) is 36.1. The van der Waals surface area contributed by atoms with Crippen LogP contribution in [0, 0.1) is 83.3 Å². The molecular formula is C91H72Ir3N18O3-12. The number of furan rings is 3. The molecule has 0 saturated heterocycles.